The van der Waals surface area contributed by atoms with E-state index in [2.05, 4.69) is 10.1 Å². The average Bonchev–Trinajstić information content (AvgIpc) is 2.54. The molecule has 0 aliphatic carbocycles. The number of carbonyl (C=O) groups excluding carboxylic acids is 1. The molecule has 1 heterocycles. The van der Waals surface area contributed by atoms with Crippen LogP contribution in [0, 0.1) is 0 Å². The van der Waals surface area contributed by atoms with Crippen LogP contribution in [0.5, 0.6) is 0 Å². The summed E-state index contributed by atoms with van der Waals surface area (Å²) in [5.41, 5.74) is 1.65. The molecule has 2 aromatic carbocycles. The normalized spacial score (nSPS) is 10.9. The van der Waals surface area contributed by atoms with Crippen molar-refractivity contribution in [3.63, 3.8) is 0 Å². The molecule has 0 spiro atoms. The zero-order valence-corrected chi connectivity index (χ0v) is 13.9. The van der Waals surface area contributed by atoms with E-state index in [-0.39, 0.29) is 5.69 Å². The topological polar surface area (TPSA) is 66.9 Å². The molecule has 1 aromatic heterocycles. The number of aromatic nitrogens is 2. The van der Waals surface area contributed by atoms with E-state index in [4.69, 9.17) is 0 Å². The van der Waals surface area contributed by atoms with Gasteiger partial charge in [0.15, 0.2) is 0 Å². The number of aromatic amines is 1. The highest BCUT2D eigenvalue weighted by Gasteiger charge is 2.03. The summed E-state index contributed by atoms with van der Waals surface area (Å²) in [6.45, 7) is 0. The molecule has 0 aliphatic heterocycles. The predicted molar refractivity (Wildman–Crippen MR) is 93.7 cm³/mol. The molecule has 5 nitrogen and oxygen atoms in total. The van der Waals surface area contributed by atoms with Gasteiger partial charge in [-0.05, 0) is 48.5 Å². The van der Waals surface area contributed by atoms with Crippen molar-refractivity contribution in [3.8, 4) is 5.69 Å². The Morgan fingerprint density at radius 1 is 1.00 bits per heavy atom. The zero-order chi connectivity index (χ0) is 15.4. The maximum Gasteiger partial charge on any atom is 0.337 e. The maximum atomic E-state index is 11.3. The summed E-state index contributed by atoms with van der Waals surface area (Å²) in [7, 11) is 3.63. The fraction of sp³-hybridized carbons (Fsp3) is 0. The maximum absolute atomic E-state index is 11.3. The largest absolute Gasteiger partial charge is 0.337 e. The standard InChI is InChI=1S/C14H12N3O2PS2/c18-9-15-10-1-5-12(6-2-10)21-22-13-7-3-11(4-8-13)17-14(19)16-20-17/h1-9,20H,(H,15,18)(H,16,19). The fourth-order valence-corrected chi connectivity index (χ4v) is 4.28. The van der Waals surface area contributed by atoms with Crippen molar-refractivity contribution in [1.82, 2.24) is 9.08 Å². The average molecular weight is 349 g/mol. The monoisotopic (exact) mass is 349 g/mol. The molecule has 2 N–H and O–H groups in total. The Morgan fingerprint density at radius 2 is 1.59 bits per heavy atom. The lowest BCUT2D eigenvalue weighted by Crippen LogP contribution is -2.21. The molecule has 0 aliphatic rings. The number of anilines is 1. The summed E-state index contributed by atoms with van der Waals surface area (Å²) in [4.78, 5) is 23.9. The molecule has 1 amide bonds. The zero-order valence-electron chi connectivity index (χ0n) is 11.3. The number of rotatable bonds is 6. The van der Waals surface area contributed by atoms with Crippen molar-refractivity contribution in [2.24, 2.45) is 0 Å². The van der Waals surface area contributed by atoms with Crippen LogP contribution in [0.3, 0.4) is 0 Å². The van der Waals surface area contributed by atoms with Gasteiger partial charge in [0.05, 0.1) is 5.69 Å². The van der Waals surface area contributed by atoms with E-state index in [1.807, 2.05) is 48.5 Å². The molecule has 3 aromatic rings. The van der Waals surface area contributed by atoms with Crippen LogP contribution in [-0.2, 0) is 4.79 Å². The SMILES string of the molecule is O=CNc1ccc(SSc2ccc(-n3[pH][nH]c3=O)cc2)cc1. The van der Waals surface area contributed by atoms with E-state index in [0.717, 1.165) is 21.2 Å². The molecule has 112 valence electrons. The van der Waals surface area contributed by atoms with Crippen LogP contribution in [0.4, 0.5) is 5.69 Å². The summed E-state index contributed by atoms with van der Waals surface area (Å²) in [6, 6.07) is 15.6. The minimum absolute atomic E-state index is 0.0443. The summed E-state index contributed by atoms with van der Waals surface area (Å²) in [5, 5.41) is 2.61. The van der Waals surface area contributed by atoms with Gasteiger partial charge in [-0.1, -0.05) is 21.6 Å². The summed E-state index contributed by atoms with van der Waals surface area (Å²) in [6.07, 6.45) is 0.664. The number of nitrogens with one attached hydrogen (secondary N) is 2. The van der Waals surface area contributed by atoms with Crippen molar-refractivity contribution < 1.29 is 4.79 Å². The van der Waals surface area contributed by atoms with Crippen LogP contribution in [0.2, 0.25) is 0 Å². The second-order valence-corrected chi connectivity index (χ2v) is 7.52. The molecule has 1 unspecified atom stereocenters. The molecule has 0 bridgehead atoms. The highest BCUT2D eigenvalue weighted by Crippen LogP contribution is 2.37. The number of carbonyl (C=O) groups is 1. The molecule has 0 saturated heterocycles. The predicted octanol–water partition coefficient (Wildman–Crippen LogP) is 3.56. The van der Waals surface area contributed by atoms with Crippen molar-refractivity contribution in [2.45, 2.75) is 9.79 Å². The van der Waals surface area contributed by atoms with Gasteiger partial charge in [-0.3, -0.25) is 9.54 Å². The van der Waals surface area contributed by atoms with Crippen LogP contribution in [-0.4, -0.2) is 15.5 Å². The first-order valence-electron chi connectivity index (χ1n) is 6.37. The molecule has 0 saturated carbocycles. The number of benzene rings is 2. The van der Waals surface area contributed by atoms with Crippen molar-refractivity contribution >= 4 is 42.2 Å². The lowest BCUT2D eigenvalue weighted by atomic mass is 10.3. The lowest BCUT2D eigenvalue weighted by molar-refractivity contribution is -0.105. The lowest BCUT2D eigenvalue weighted by Gasteiger charge is -2.08. The molecule has 0 fully saturated rings. The number of hydrogen-bond donors (Lipinski definition) is 2. The van der Waals surface area contributed by atoms with Gasteiger partial charge in [0.2, 0.25) is 6.41 Å². The Balaban J connectivity index is 1.61. The van der Waals surface area contributed by atoms with Gasteiger partial charge < -0.3 is 5.32 Å². The second kappa shape index (κ2) is 6.96. The van der Waals surface area contributed by atoms with Gasteiger partial charge >= 0.3 is 5.69 Å². The summed E-state index contributed by atoms with van der Waals surface area (Å²) < 4.78 is 4.42. The third kappa shape index (κ3) is 3.50. The summed E-state index contributed by atoms with van der Waals surface area (Å²) >= 11 is 0. The first-order chi connectivity index (χ1) is 10.8. The van der Waals surface area contributed by atoms with E-state index < -0.39 is 0 Å². The Hall–Kier alpha value is -1.82. The van der Waals surface area contributed by atoms with Crippen LogP contribution in [0.15, 0.2) is 63.1 Å². The van der Waals surface area contributed by atoms with Crippen LogP contribution >= 0.6 is 30.1 Å². The van der Waals surface area contributed by atoms with E-state index in [9.17, 15) is 9.59 Å². The van der Waals surface area contributed by atoms with Gasteiger partial charge in [0.25, 0.3) is 0 Å². The smallest absolute Gasteiger partial charge is 0.329 e. The summed E-state index contributed by atoms with van der Waals surface area (Å²) in [5.74, 6) is 0. The van der Waals surface area contributed by atoms with E-state index in [0.29, 0.717) is 14.9 Å². The molecular weight excluding hydrogens is 337 g/mol. The Morgan fingerprint density at radius 3 is 2.05 bits per heavy atom. The number of nitrogens with zero attached hydrogens (tertiary/aromatic N) is 1. The van der Waals surface area contributed by atoms with Gasteiger partial charge in [-0.2, -0.15) is 0 Å². The molecule has 1 atom stereocenters. The first-order valence-corrected chi connectivity index (χ1v) is 9.46. The third-order valence-electron chi connectivity index (χ3n) is 2.89. The van der Waals surface area contributed by atoms with Gasteiger partial charge in [-0.15, -0.1) is 0 Å². The van der Waals surface area contributed by atoms with Crippen LogP contribution in [0.25, 0.3) is 5.69 Å². The quantitative estimate of drug-likeness (QED) is 0.527. The second-order valence-electron chi connectivity index (χ2n) is 4.32. The van der Waals surface area contributed by atoms with E-state index in [1.165, 1.54) is 0 Å². The Labute approximate surface area is 136 Å². The minimum Gasteiger partial charge on any atom is -0.329 e. The molecular formula is C14H12N3O2PS2. The number of amides is 1. The molecule has 3 rings (SSSR count). The molecule has 8 heteroatoms. The van der Waals surface area contributed by atoms with Crippen LogP contribution in [0.1, 0.15) is 0 Å². The fourth-order valence-electron chi connectivity index (χ4n) is 1.76. The van der Waals surface area contributed by atoms with E-state index >= 15 is 0 Å². The van der Waals surface area contributed by atoms with Gasteiger partial charge in [-0.25, -0.2) is 9.12 Å². The molecule has 0 radical (unpaired) electrons. The van der Waals surface area contributed by atoms with Crippen LogP contribution < -0.4 is 11.0 Å². The highest BCUT2D eigenvalue weighted by molar-refractivity contribution is 8.76. The van der Waals surface area contributed by atoms with Crippen molar-refractivity contribution in [3.05, 3.63) is 59.0 Å². The van der Waals surface area contributed by atoms with Gasteiger partial charge in [0.1, 0.15) is 0 Å². The number of H-pyrrole nitrogens is 1. The Bertz CT molecular complexity index is 806. The Kier molecular flexibility index (Phi) is 4.77. The minimum atomic E-state index is -0.0443. The molecule has 22 heavy (non-hydrogen) atoms. The van der Waals surface area contributed by atoms with Gasteiger partial charge in [0, 0.05) is 24.0 Å². The first kappa shape index (κ1) is 15.1. The number of hydrogen-bond acceptors (Lipinski definition) is 4. The van der Waals surface area contributed by atoms with E-state index in [1.54, 1.807) is 25.9 Å². The third-order valence-corrected chi connectivity index (χ3v) is 6.31. The van der Waals surface area contributed by atoms with Crippen molar-refractivity contribution in [2.75, 3.05) is 5.32 Å². The van der Waals surface area contributed by atoms with Crippen molar-refractivity contribution in [1.29, 1.82) is 0 Å². The highest BCUT2D eigenvalue weighted by atomic mass is 33.1.